The molecule has 1 saturated carbocycles. The van der Waals surface area contributed by atoms with Crippen LogP contribution in [-0.4, -0.2) is 35.4 Å². The van der Waals surface area contributed by atoms with Crippen molar-refractivity contribution in [3.8, 4) is 0 Å². The molecule has 7 heteroatoms. The molecule has 1 aromatic carbocycles. The van der Waals surface area contributed by atoms with Crippen molar-refractivity contribution in [3.63, 3.8) is 0 Å². The van der Waals surface area contributed by atoms with Gasteiger partial charge in [-0.05, 0) is 31.4 Å². The van der Waals surface area contributed by atoms with E-state index in [4.69, 9.17) is 0 Å². The third-order valence-electron chi connectivity index (χ3n) is 5.30. The number of Topliss-reactive ketones (excluding diaryl/α,β-unsaturated/α-hetero) is 2. The van der Waals surface area contributed by atoms with Crippen LogP contribution in [0.5, 0.6) is 0 Å². The van der Waals surface area contributed by atoms with E-state index >= 15 is 0 Å². The summed E-state index contributed by atoms with van der Waals surface area (Å²) in [6.45, 7) is 1.98. The number of carbonyl (C=O) groups excluding carboxylic acids is 3. The summed E-state index contributed by atoms with van der Waals surface area (Å²) in [5.74, 6) is 0.739. The molecule has 30 heavy (non-hydrogen) atoms. The number of aromatic nitrogens is 1. The van der Waals surface area contributed by atoms with Crippen LogP contribution in [0.25, 0.3) is 0 Å². The van der Waals surface area contributed by atoms with Gasteiger partial charge >= 0.3 is 5.97 Å². The SMILES string of the molecule is COC(=O)CCSc1cnc(CC(=O)Cc2ccc(C)cc2C(=O)C2CCCC2)s1. The Morgan fingerprint density at radius 3 is 2.70 bits per heavy atom. The summed E-state index contributed by atoms with van der Waals surface area (Å²) in [4.78, 5) is 41.2. The van der Waals surface area contributed by atoms with Crippen molar-refractivity contribution < 1.29 is 19.1 Å². The maximum Gasteiger partial charge on any atom is 0.306 e. The average Bonchev–Trinajstić information content (AvgIpc) is 3.41. The first kappa shape index (κ1) is 22.7. The molecule has 1 fully saturated rings. The number of thiazole rings is 1. The third kappa shape index (κ3) is 6.25. The normalized spacial score (nSPS) is 14.1. The second-order valence-electron chi connectivity index (χ2n) is 7.65. The molecule has 0 aliphatic heterocycles. The number of aryl methyl sites for hydroxylation is 1. The van der Waals surface area contributed by atoms with E-state index in [1.54, 1.807) is 6.20 Å². The highest BCUT2D eigenvalue weighted by Crippen LogP contribution is 2.30. The molecule has 1 aromatic heterocycles. The molecule has 0 N–H and O–H groups in total. The van der Waals surface area contributed by atoms with Gasteiger partial charge in [0.2, 0.25) is 0 Å². The van der Waals surface area contributed by atoms with Crippen LogP contribution >= 0.6 is 23.1 Å². The van der Waals surface area contributed by atoms with Gasteiger partial charge in [-0.25, -0.2) is 4.98 Å². The molecule has 1 aliphatic rings. The highest BCUT2D eigenvalue weighted by atomic mass is 32.2. The van der Waals surface area contributed by atoms with Gasteiger partial charge < -0.3 is 4.74 Å². The van der Waals surface area contributed by atoms with Crippen LogP contribution in [0.1, 0.15) is 58.6 Å². The molecule has 0 spiro atoms. The summed E-state index contributed by atoms with van der Waals surface area (Å²) in [5.41, 5.74) is 2.58. The van der Waals surface area contributed by atoms with Gasteiger partial charge in [-0.3, -0.25) is 14.4 Å². The van der Waals surface area contributed by atoms with Crippen LogP contribution in [-0.2, 0) is 27.2 Å². The average molecular weight is 446 g/mol. The first-order chi connectivity index (χ1) is 14.5. The Hall–Kier alpha value is -1.99. The zero-order chi connectivity index (χ0) is 21.5. The van der Waals surface area contributed by atoms with Crippen LogP contribution in [0.3, 0.4) is 0 Å². The lowest BCUT2D eigenvalue weighted by Crippen LogP contribution is -2.16. The number of methoxy groups -OCH3 is 1. The lowest BCUT2D eigenvalue weighted by molar-refractivity contribution is -0.140. The Labute approximate surface area is 185 Å². The Morgan fingerprint density at radius 2 is 1.97 bits per heavy atom. The minimum Gasteiger partial charge on any atom is -0.469 e. The summed E-state index contributed by atoms with van der Waals surface area (Å²) in [7, 11) is 1.38. The summed E-state index contributed by atoms with van der Waals surface area (Å²) in [6.07, 6.45) is 6.73. The van der Waals surface area contributed by atoms with E-state index in [1.807, 2.05) is 25.1 Å². The first-order valence-corrected chi connectivity index (χ1v) is 12.1. The number of thioether (sulfide) groups is 1. The smallest absolute Gasteiger partial charge is 0.306 e. The number of ether oxygens (including phenoxy) is 1. The fraction of sp³-hybridized carbons (Fsp3) is 0.478. The van der Waals surface area contributed by atoms with Crippen LogP contribution in [0.2, 0.25) is 0 Å². The highest BCUT2D eigenvalue weighted by Gasteiger charge is 2.26. The van der Waals surface area contributed by atoms with E-state index < -0.39 is 0 Å². The van der Waals surface area contributed by atoms with Crippen LogP contribution < -0.4 is 0 Å². The van der Waals surface area contributed by atoms with E-state index in [-0.39, 0.29) is 36.3 Å². The Kier molecular flexibility index (Phi) is 8.22. The summed E-state index contributed by atoms with van der Waals surface area (Å²) in [6, 6.07) is 5.82. The van der Waals surface area contributed by atoms with Crippen LogP contribution in [0.4, 0.5) is 0 Å². The topological polar surface area (TPSA) is 73.3 Å². The number of benzene rings is 1. The quantitative estimate of drug-likeness (QED) is 0.296. The molecular weight excluding hydrogens is 418 g/mol. The van der Waals surface area contributed by atoms with Gasteiger partial charge in [0.1, 0.15) is 10.8 Å². The standard InChI is InChI=1S/C23H27NO4S2/c1-15-7-8-17(19(11-15)23(27)16-5-3-4-6-16)12-18(25)13-20-24-14-22(30-20)29-10-9-21(26)28-2/h7-8,11,14,16H,3-6,9-10,12-13H2,1-2H3. The third-order valence-corrected chi connectivity index (χ3v) is 7.50. The molecule has 5 nitrogen and oxygen atoms in total. The number of nitrogens with zero attached hydrogens (tertiary/aromatic N) is 1. The predicted molar refractivity (Wildman–Crippen MR) is 119 cm³/mol. The highest BCUT2D eigenvalue weighted by molar-refractivity contribution is 8.01. The maximum atomic E-state index is 13.0. The van der Waals surface area contributed by atoms with Gasteiger partial charge in [-0.1, -0.05) is 30.5 Å². The van der Waals surface area contributed by atoms with Crippen molar-refractivity contribution in [1.82, 2.24) is 4.98 Å². The molecule has 1 heterocycles. The van der Waals surface area contributed by atoms with Gasteiger partial charge in [-0.15, -0.1) is 23.1 Å². The second kappa shape index (κ2) is 10.9. The Morgan fingerprint density at radius 1 is 1.20 bits per heavy atom. The number of carbonyl (C=O) groups is 3. The van der Waals surface area contributed by atoms with Crippen molar-refractivity contribution in [1.29, 1.82) is 0 Å². The second-order valence-corrected chi connectivity index (χ2v) is 10.2. The molecule has 0 unspecified atom stereocenters. The lowest BCUT2D eigenvalue weighted by Gasteiger charge is -2.13. The molecule has 0 atom stereocenters. The number of rotatable bonds is 10. The van der Waals surface area contributed by atoms with E-state index in [9.17, 15) is 14.4 Å². The van der Waals surface area contributed by atoms with E-state index in [0.717, 1.165) is 46.0 Å². The summed E-state index contributed by atoms with van der Waals surface area (Å²) < 4.78 is 5.62. The zero-order valence-electron chi connectivity index (χ0n) is 17.4. The largest absolute Gasteiger partial charge is 0.469 e. The monoisotopic (exact) mass is 445 g/mol. The molecule has 1 aliphatic carbocycles. The molecule has 0 amide bonds. The molecular formula is C23H27NO4S2. The van der Waals surface area contributed by atoms with Gasteiger partial charge in [0.15, 0.2) is 5.78 Å². The number of esters is 1. The van der Waals surface area contributed by atoms with Gasteiger partial charge in [0.05, 0.1) is 30.4 Å². The number of hydrogen-bond donors (Lipinski definition) is 0. The minimum absolute atomic E-state index is 0.0554. The molecule has 160 valence electrons. The van der Waals surface area contributed by atoms with Crippen molar-refractivity contribution in [2.45, 2.75) is 56.1 Å². The predicted octanol–water partition coefficient (Wildman–Crippen LogP) is 4.83. The first-order valence-electron chi connectivity index (χ1n) is 10.3. The lowest BCUT2D eigenvalue weighted by atomic mass is 9.90. The fourth-order valence-electron chi connectivity index (χ4n) is 3.70. The maximum absolute atomic E-state index is 13.0. The number of hydrogen-bond acceptors (Lipinski definition) is 7. The van der Waals surface area contributed by atoms with E-state index in [1.165, 1.54) is 30.2 Å². The van der Waals surface area contributed by atoms with E-state index in [2.05, 4.69) is 9.72 Å². The van der Waals surface area contributed by atoms with Crippen molar-refractivity contribution in [2.75, 3.05) is 12.9 Å². The van der Waals surface area contributed by atoms with Crippen LogP contribution in [0, 0.1) is 12.8 Å². The number of ketones is 2. The summed E-state index contributed by atoms with van der Waals surface area (Å²) >= 11 is 3.01. The van der Waals surface area contributed by atoms with Crippen molar-refractivity contribution >= 4 is 40.6 Å². The molecule has 0 saturated heterocycles. The fourth-order valence-corrected chi connectivity index (χ4v) is 5.75. The Balaban J connectivity index is 1.60. The molecule has 0 radical (unpaired) electrons. The summed E-state index contributed by atoms with van der Waals surface area (Å²) in [5, 5.41) is 0.761. The van der Waals surface area contributed by atoms with Gasteiger partial charge in [-0.2, -0.15) is 0 Å². The molecule has 2 aromatic rings. The van der Waals surface area contributed by atoms with Gasteiger partial charge in [0, 0.05) is 23.7 Å². The molecule has 3 rings (SSSR count). The van der Waals surface area contributed by atoms with Gasteiger partial charge in [0.25, 0.3) is 0 Å². The van der Waals surface area contributed by atoms with E-state index in [0.29, 0.717) is 17.7 Å². The zero-order valence-corrected chi connectivity index (χ0v) is 19.1. The van der Waals surface area contributed by atoms with Crippen molar-refractivity contribution in [3.05, 3.63) is 46.1 Å². The Bertz CT molecular complexity index is 916. The molecule has 0 bridgehead atoms. The van der Waals surface area contributed by atoms with Crippen LogP contribution in [0.15, 0.2) is 28.6 Å². The van der Waals surface area contributed by atoms with Crippen molar-refractivity contribution in [2.24, 2.45) is 5.92 Å². The minimum atomic E-state index is -0.233.